The van der Waals surface area contributed by atoms with Crippen LogP contribution in [0.5, 0.6) is 17.2 Å². The van der Waals surface area contributed by atoms with Gasteiger partial charge in [0.15, 0.2) is 5.96 Å². The lowest BCUT2D eigenvalue weighted by Gasteiger charge is -2.36. The third-order valence-corrected chi connectivity index (χ3v) is 4.96. The predicted molar refractivity (Wildman–Crippen MR) is 114 cm³/mol. The van der Waals surface area contributed by atoms with Crippen molar-refractivity contribution in [3.05, 3.63) is 36.2 Å². The smallest absolute Gasteiger partial charge is 0.193 e. The Morgan fingerprint density at radius 2 is 1.80 bits per heavy atom. The molecule has 1 aliphatic rings. The Bertz CT molecular complexity index is 766. The Kier molecular flexibility index (Phi) is 8.20. The molecule has 1 aliphatic heterocycles. The molecule has 9 heteroatoms. The van der Waals surface area contributed by atoms with E-state index in [4.69, 9.17) is 18.7 Å². The minimum atomic E-state index is 0.589. The molecular weight excluding hydrogens is 386 g/mol. The van der Waals surface area contributed by atoms with Gasteiger partial charge in [-0.3, -0.25) is 9.89 Å². The lowest BCUT2D eigenvalue weighted by Crippen LogP contribution is -2.52. The number of ether oxygens (including phenoxy) is 3. The second kappa shape index (κ2) is 11.3. The fourth-order valence-corrected chi connectivity index (χ4v) is 3.33. The molecule has 0 spiro atoms. The molecule has 164 valence electrons. The molecule has 9 nitrogen and oxygen atoms in total. The zero-order valence-corrected chi connectivity index (χ0v) is 18.0. The van der Waals surface area contributed by atoms with E-state index in [1.165, 1.54) is 0 Å². The van der Waals surface area contributed by atoms with Crippen LogP contribution >= 0.6 is 0 Å². The summed E-state index contributed by atoms with van der Waals surface area (Å²) >= 11 is 0. The first kappa shape index (κ1) is 21.8. The first-order valence-electron chi connectivity index (χ1n) is 10.1. The van der Waals surface area contributed by atoms with Gasteiger partial charge in [-0.2, -0.15) is 0 Å². The zero-order chi connectivity index (χ0) is 21.2. The normalized spacial score (nSPS) is 15.2. The van der Waals surface area contributed by atoms with Gasteiger partial charge < -0.3 is 29.0 Å². The van der Waals surface area contributed by atoms with Crippen LogP contribution in [0.4, 0.5) is 0 Å². The zero-order valence-electron chi connectivity index (χ0n) is 18.0. The molecule has 0 bridgehead atoms. The number of methoxy groups -OCH3 is 2. The first-order valence-corrected chi connectivity index (χ1v) is 10.1. The maximum Gasteiger partial charge on any atom is 0.193 e. The van der Waals surface area contributed by atoms with Crippen molar-refractivity contribution in [3.63, 3.8) is 0 Å². The van der Waals surface area contributed by atoms with Crippen molar-refractivity contribution in [3.8, 4) is 17.2 Å². The Hall–Kier alpha value is -2.94. The number of hydrogen-bond acceptors (Lipinski definition) is 7. The van der Waals surface area contributed by atoms with E-state index in [-0.39, 0.29) is 0 Å². The van der Waals surface area contributed by atoms with Gasteiger partial charge in [0.05, 0.1) is 26.5 Å². The number of benzene rings is 1. The summed E-state index contributed by atoms with van der Waals surface area (Å²) in [5.74, 6) is 3.09. The highest BCUT2D eigenvalue weighted by atomic mass is 16.5. The molecule has 0 aliphatic carbocycles. The van der Waals surface area contributed by atoms with Crippen molar-refractivity contribution in [1.82, 2.24) is 20.3 Å². The molecule has 0 saturated carbocycles. The molecule has 30 heavy (non-hydrogen) atoms. The number of piperazine rings is 1. The highest BCUT2D eigenvalue weighted by Crippen LogP contribution is 2.27. The largest absolute Gasteiger partial charge is 0.496 e. The highest BCUT2D eigenvalue weighted by Gasteiger charge is 2.20. The molecule has 1 saturated heterocycles. The van der Waals surface area contributed by atoms with Crippen LogP contribution in [-0.2, 0) is 6.54 Å². The van der Waals surface area contributed by atoms with E-state index in [1.807, 2.05) is 31.3 Å². The molecule has 2 aromatic rings. The summed E-state index contributed by atoms with van der Waals surface area (Å²) in [7, 11) is 5.08. The van der Waals surface area contributed by atoms with Crippen molar-refractivity contribution < 1.29 is 18.7 Å². The Balaban J connectivity index is 1.36. The van der Waals surface area contributed by atoms with Crippen LogP contribution in [0.2, 0.25) is 0 Å². The maximum absolute atomic E-state index is 5.84. The molecule has 1 aromatic carbocycles. The van der Waals surface area contributed by atoms with E-state index in [2.05, 4.69) is 25.3 Å². The van der Waals surface area contributed by atoms with Gasteiger partial charge in [0.2, 0.25) is 0 Å². The molecule has 0 unspecified atom stereocenters. The van der Waals surface area contributed by atoms with E-state index in [9.17, 15) is 0 Å². The van der Waals surface area contributed by atoms with E-state index in [0.29, 0.717) is 18.1 Å². The summed E-state index contributed by atoms with van der Waals surface area (Å²) in [6.07, 6.45) is 2.47. The first-order chi connectivity index (χ1) is 14.7. The molecule has 0 atom stereocenters. The third kappa shape index (κ3) is 6.28. The van der Waals surface area contributed by atoms with Crippen LogP contribution in [-0.4, -0.2) is 81.5 Å². The van der Waals surface area contributed by atoms with Crippen LogP contribution in [0.15, 0.2) is 40.0 Å². The Morgan fingerprint density at radius 3 is 2.40 bits per heavy atom. The molecule has 0 amide bonds. The minimum absolute atomic E-state index is 0.589. The van der Waals surface area contributed by atoms with Crippen LogP contribution in [0.25, 0.3) is 0 Å². The number of nitrogens with one attached hydrogen (secondary N) is 1. The number of hydrogen-bond donors (Lipinski definition) is 1. The summed E-state index contributed by atoms with van der Waals surface area (Å²) in [4.78, 5) is 9.08. The Labute approximate surface area is 177 Å². The fourth-order valence-electron chi connectivity index (χ4n) is 3.33. The van der Waals surface area contributed by atoms with Gasteiger partial charge >= 0.3 is 0 Å². The standard InChI is InChI=1S/C21H31N5O4/c1-22-21(26-9-7-25(8-10-26)16-17-5-12-30-24-17)23-6-4-11-29-20-14-18(27-2)13-19(15-20)28-3/h5,12-15H,4,6-11,16H2,1-3H3,(H,22,23). The van der Waals surface area contributed by atoms with Crippen molar-refractivity contribution in [1.29, 1.82) is 0 Å². The lowest BCUT2D eigenvalue weighted by atomic mass is 10.3. The maximum atomic E-state index is 5.84. The monoisotopic (exact) mass is 417 g/mol. The quantitative estimate of drug-likeness (QED) is 0.376. The molecule has 1 aromatic heterocycles. The van der Waals surface area contributed by atoms with Crippen LogP contribution < -0.4 is 19.5 Å². The number of aliphatic imine (C=N–C) groups is 1. The Morgan fingerprint density at radius 1 is 1.10 bits per heavy atom. The summed E-state index contributed by atoms with van der Waals surface area (Å²) in [5.41, 5.74) is 0.972. The molecular formula is C21H31N5O4. The summed E-state index contributed by atoms with van der Waals surface area (Å²) in [5, 5.41) is 7.42. The summed E-state index contributed by atoms with van der Waals surface area (Å²) in [6, 6.07) is 7.45. The summed E-state index contributed by atoms with van der Waals surface area (Å²) in [6.45, 7) is 5.99. The fraction of sp³-hybridized carbons (Fsp3) is 0.524. The third-order valence-electron chi connectivity index (χ3n) is 4.96. The average molecular weight is 418 g/mol. The van der Waals surface area contributed by atoms with Crippen LogP contribution in [0, 0.1) is 0 Å². The van der Waals surface area contributed by atoms with Crippen molar-refractivity contribution in [2.75, 3.05) is 60.6 Å². The van der Waals surface area contributed by atoms with Gasteiger partial charge in [0.1, 0.15) is 23.5 Å². The van der Waals surface area contributed by atoms with Crippen molar-refractivity contribution in [2.45, 2.75) is 13.0 Å². The molecule has 0 radical (unpaired) electrons. The number of rotatable bonds is 9. The number of aromatic nitrogens is 1. The van der Waals surface area contributed by atoms with Crippen LogP contribution in [0.3, 0.4) is 0 Å². The number of guanidine groups is 1. The van der Waals surface area contributed by atoms with Crippen LogP contribution in [0.1, 0.15) is 12.1 Å². The highest BCUT2D eigenvalue weighted by molar-refractivity contribution is 5.79. The SMILES string of the molecule is CN=C(NCCCOc1cc(OC)cc(OC)c1)N1CCN(Cc2ccon2)CC1. The average Bonchev–Trinajstić information content (AvgIpc) is 3.29. The van der Waals surface area contributed by atoms with E-state index in [1.54, 1.807) is 20.5 Å². The minimum Gasteiger partial charge on any atom is -0.496 e. The van der Waals surface area contributed by atoms with Gasteiger partial charge in [0, 0.05) is 70.6 Å². The molecule has 1 N–H and O–H groups in total. The van der Waals surface area contributed by atoms with Gasteiger partial charge in [-0.25, -0.2) is 0 Å². The molecule has 3 rings (SSSR count). The molecule has 2 heterocycles. The predicted octanol–water partition coefficient (Wildman–Crippen LogP) is 1.85. The second-order valence-corrected chi connectivity index (χ2v) is 6.98. The van der Waals surface area contributed by atoms with E-state index in [0.717, 1.165) is 63.1 Å². The van der Waals surface area contributed by atoms with Gasteiger partial charge in [-0.1, -0.05) is 5.16 Å². The summed E-state index contributed by atoms with van der Waals surface area (Å²) < 4.78 is 21.3. The van der Waals surface area contributed by atoms with Gasteiger partial charge in [-0.05, 0) is 6.42 Å². The van der Waals surface area contributed by atoms with Crippen molar-refractivity contribution >= 4 is 5.96 Å². The lowest BCUT2D eigenvalue weighted by molar-refractivity contribution is 0.169. The molecule has 1 fully saturated rings. The second-order valence-electron chi connectivity index (χ2n) is 6.98. The van der Waals surface area contributed by atoms with Gasteiger partial charge in [0.25, 0.3) is 0 Å². The van der Waals surface area contributed by atoms with E-state index >= 15 is 0 Å². The van der Waals surface area contributed by atoms with Gasteiger partial charge in [-0.15, -0.1) is 0 Å². The number of nitrogens with zero attached hydrogens (tertiary/aromatic N) is 4. The van der Waals surface area contributed by atoms with Crippen molar-refractivity contribution in [2.24, 2.45) is 4.99 Å². The van der Waals surface area contributed by atoms with E-state index < -0.39 is 0 Å². The topological polar surface area (TPSA) is 84.6 Å².